The summed E-state index contributed by atoms with van der Waals surface area (Å²) in [5.74, 6) is -0.0121. The van der Waals surface area contributed by atoms with Crippen LogP contribution in [0.2, 0.25) is 0 Å². The third kappa shape index (κ3) is 8.34. The number of carboxylic acids is 1. The monoisotopic (exact) mass is 313 g/mol. The van der Waals surface area contributed by atoms with Crippen LogP contribution in [-0.2, 0) is 15.3 Å². The van der Waals surface area contributed by atoms with Gasteiger partial charge in [0, 0.05) is 18.7 Å². The predicted molar refractivity (Wildman–Crippen MR) is 81.6 cm³/mol. The van der Waals surface area contributed by atoms with Crippen LogP contribution in [0.25, 0.3) is 0 Å². The minimum absolute atomic E-state index is 0.0655. The molecular weight excluding hydrogens is 293 g/mol. The minimum Gasteiger partial charge on any atom is -0.481 e. The van der Waals surface area contributed by atoms with Gasteiger partial charge in [0.15, 0.2) is 0 Å². The first kappa shape index (κ1) is 17.5. The fourth-order valence-electron chi connectivity index (χ4n) is 1.65. The third-order valence-electron chi connectivity index (χ3n) is 2.91. The summed E-state index contributed by atoms with van der Waals surface area (Å²) in [5.41, 5.74) is 0.976. The first-order valence-corrected chi connectivity index (χ1v) is 7.93. The van der Waals surface area contributed by atoms with E-state index in [1.165, 1.54) is 23.9 Å². The summed E-state index contributed by atoms with van der Waals surface area (Å²) < 4.78 is 12.7. The van der Waals surface area contributed by atoms with E-state index in [1.54, 1.807) is 12.1 Å². The Kier molecular flexibility index (Phi) is 7.82. The number of carbonyl (C=O) groups excluding carboxylic acids is 1. The number of carbonyl (C=O) groups is 2. The standard InChI is InChI=1S/C15H20FNO3S/c1-11(2-7-15(19)20)8-17-14(18)10-21-9-12-3-5-13(16)6-4-12/h3-6,11H,2,7-10H2,1H3,(H,17,18)(H,19,20). The fourth-order valence-corrected chi connectivity index (χ4v) is 2.47. The van der Waals surface area contributed by atoms with E-state index >= 15 is 0 Å². The maximum Gasteiger partial charge on any atom is 0.303 e. The number of aliphatic carboxylic acids is 1. The number of thioether (sulfide) groups is 1. The molecule has 0 aliphatic carbocycles. The molecule has 0 spiro atoms. The van der Waals surface area contributed by atoms with E-state index in [-0.39, 0.29) is 24.1 Å². The number of benzene rings is 1. The molecule has 0 aliphatic heterocycles. The van der Waals surface area contributed by atoms with Gasteiger partial charge in [-0.05, 0) is 30.0 Å². The molecule has 6 heteroatoms. The van der Waals surface area contributed by atoms with Gasteiger partial charge in [0.05, 0.1) is 5.75 Å². The highest BCUT2D eigenvalue weighted by atomic mass is 32.2. The van der Waals surface area contributed by atoms with Crippen LogP contribution in [0, 0.1) is 11.7 Å². The lowest BCUT2D eigenvalue weighted by atomic mass is 10.1. The second-order valence-corrected chi connectivity index (χ2v) is 5.95. The number of amides is 1. The molecule has 21 heavy (non-hydrogen) atoms. The molecule has 1 aromatic carbocycles. The van der Waals surface area contributed by atoms with E-state index in [4.69, 9.17) is 5.11 Å². The van der Waals surface area contributed by atoms with Gasteiger partial charge in [0.1, 0.15) is 5.82 Å². The molecule has 1 amide bonds. The normalized spacial score (nSPS) is 11.9. The second-order valence-electron chi connectivity index (χ2n) is 4.96. The first-order valence-electron chi connectivity index (χ1n) is 6.78. The van der Waals surface area contributed by atoms with Crippen molar-refractivity contribution in [2.24, 2.45) is 5.92 Å². The molecule has 0 saturated heterocycles. The van der Waals surface area contributed by atoms with Gasteiger partial charge in [0.25, 0.3) is 0 Å². The fraction of sp³-hybridized carbons (Fsp3) is 0.467. The van der Waals surface area contributed by atoms with Gasteiger partial charge in [-0.15, -0.1) is 11.8 Å². The van der Waals surface area contributed by atoms with Crippen LogP contribution < -0.4 is 5.32 Å². The molecule has 1 unspecified atom stereocenters. The van der Waals surface area contributed by atoms with Crippen molar-refractivity contribution >= 4 is 23.6 Å². The van der Waals surface area contributed by atoms with Crippen LogP contribution in [0.5, 0.6) is 0 Å². The summed E-state index contributed by atoms with van der Waals surface area (Å²) in [5, 5.41) is 11.4. The van der Waals surface area contributed by atoms with Crippen LogP contribution in [0.15, 0.2) is 24.3 Å². The number of halogens is 1. The smallest absolute Gasteiger partial charge is 0.303 e. The van der Waals surface area contributed by atoms with Crippen molar-refractivity contribution < 1.29 is 19.1 Å². The molecule has 1 atom stereocenters. The average molecular weight is 313 g/mol. The van der Waals surface area contributed by atoms with Crippen LogP contribution in [0.4, 0.5) is 4.39 Å². The molecule has 0 radical (unpaired) electrons. The molecule has 2 N–H and O–H groups in total. The van der Waals surface area contributed by atoms with Crippen molar-refractivity contribution in [1.82, 2.24) is 5.32 Å². The van der Waals surface area contributed by atoms with E-state index in [2.05, 4.69) is 5.32 Å². The molecule has 0 fully saturated rings. The van der Waals surface area contributed by atoms with E-state index in [0.717, 1.165) is 5.56 Å². The van der Waals surface area contributed by atoms with E-state index in [0.29, 0.717) is 24.5 Å². The highest BCUT2D eigenvalue weighted by molar-refractivity contribution is 7.99. The Morgan fingerprint density at radius 1 is 1.33 bits per heavy atom. The maximum atomic E-state index is 12.7. The van der Waals surface area contributed by atoms with Crippen LogP contribution in [0.3, 0.4) is 0 Å². The Hall–Kier alpha value is -1.56. The Morgan fingerprint density at radius 2 is 2.00 bits per heavy atom. The van der Waals surface area contributed by atoms with Crippen LogP contribution in [0.1, 0.15) is 25.3 Å². The molecule has 0 aliphatic rings. The van der Waals surface area contributed by atoms with E-state index < -0.39 is 5.97 Å². The van der Waals surface area contributed by atoms with Crippen LogP contribution in [-0.4, -0.2) is 29.3 Å². The molecule has 0 aromatic heterocycles. The number of hydrogen-bond donors (Lipinski definition) is 2. The third-order valence-corrected chi connectivity index (χ3v) is 3.92. The molecule has 1 rings (SSSR count). The van der Waals surface area contributed by atoms with E-state index in [9.17, 15) is 14.0 Å². The Labute approximate surface area is 128 Å². The van der Waals surface area contributed by atoms with Crippen molar-refractivity contribution in [1.29, 1.82) is 0 Å². The average Bonchev–Trinajstić information content (AvgIpc) is 2.45. The quantitative estimate of drug-likeness (QED) is 0.735. The number of nitrogens with one attached hydrogen (secondary N) is 1. The Morgan fingerprint density at radius 3 is 2.62 bits per heavy atom. The highest BCUT2D eigenvalue weighted by Crippen LogP contribution is 2.12. The molecule has 1 aromatic rings. The molecular formula is C15H20FNO3S. The topological polar surface area (TPSA) is 66.4 Å². The zero-order valence-electron chi connectivity index (χ0n) is 12.0. The van der Waals surface area contributed by atoms with Gasteiger partial charge >= 0.3 is 5.97 Å². The first-order chi connectivity index (χ1) is 9.97. The molecule has 116 valence electrons. The summed E-state index contributed by atoms with van der Waals surface area (Å²) in [6.07, 6.45) is 0.675. The summed E-state index contributed by atoms with van der Waals surface area (Å²) in [6.45, 7) is 2.40. The van der Waals surface area contributed by atoms with Gasteiger partial charge in [-0.3, -0.25) is 9.59 Å². The van der Waals surface area contributed by atoms with Crippen molar-refractivity contribution in [2.45, 2.75) is 25.5 Å². The SMILES string of the molecule is CC(CCC(=O)O)CNC(=O)CSCc1ccc(F)cc1. The number of rotatable bonds is 9. The maximum absolute atomic E-state index is 12.7. The zero-order valence-corrected chi connectivity index (χ0v) is 12.8. The van der Waals surface area contributed by atoms with Gasteiger partial charge in [-0.1, -0.05) is 19.1 Å². The molecule has 0 saturated carbocycles. The van der Waals surface area contributed by atoms with Crippen LogP contribution >= 0.6 is 11.8 Å². The highest BCUT2D eigenvalue weighted by Gasteiger charge is 2.08. The summed E-state index contributed by atoms with van der Waals surface area (Å²) in [4.78, 5) is 22.0. The minimum atomic E-state index is -0.817. The Balaban J connectivity index is 2.13. The van der Waals surface area contributed by atoms with Crippen molar-refractivity contribution in [3.63, 3.8) is 0 Å². The molecule has 4 nitrogen and oxygen atoms in total. The second kappa shape index (κ2) is 9.39. The Bertz CT molecular complexity index is 464. The predicted octanol–water partition coefficient (Wildman–Crippen LogP) is 2.68. The molecule has 0 bridgehead atoms. The lowest BCUT2D eigenvalue weighted by Gasteiger charge is -2.11. The number of hydrogen-bond acceptors (Lipinski definition) is 3. The summed E-state index contributed by atoms with van der Waals surface area (Å²) in [7, 11) is 0. The van der Waals surface area contributed by atoms with Crippen molar-refractivity contribution in [3.05, 3.63) is 35.6 Å². The van der Waals surface area contributed by atoms with Crippen molar-refractivity contribution in [3.8, 4) is 0 Å². The largest absolute Gasteiger partial charge is 0.481 e. The molecule has 0 heterocycles. The van der Waals surface area contributed by atoms with Gasteiger partial charge in [0.2, 0.25) is 5.91 Å². The van der Waals surface area contributed by atoms with Crippen molar-refractivity contribution in [2.75, 3.05) is 12.3 Å². The summed E-state index contributed by atoms with van der Waals surface area (Å²) in [6, 6.07) is 6.21. The van der Waals surface area contributed by atoms with Gasteiger partial charge in [-0.25, -0.2) is 4.39 Å². The lowest BCUT2D eigenvalue weighted by Crippen LogP contribution is -2.29. The van der Waals surface area contributed by atoms with Gasteiger partial charge in [-0.2, -0.15) is 0 Å². The van der Waals surface area contributed by atoms with E-state index in [1.807, 2.05) is 6.92 Å². The number of carboxylic acid groups (broad SMARTS) is 1. The zero-order chi connectivity index (χ0) is 15.7. The lowest BCUT2D eigenvalue weighted by molar-refractivity contribution is -0.137. The summed E-state index contributed by atoms with van der Waals surface area (Å²) >= 11 is 1.46. The van der Waals surface area contributed by atoms with Gasteiger partial charge < -0.3 is 10.4 Å².